The Labute approximate surface area is 181 Å². The molecule has 0 atom stereocenters. The summed E-state index contributed by atoms with van der Waals surface area (Å²) < 4.78 is 28.0. The van der Waals surface area contributed by atoms with Crippen molar-refractivity contribution in [2.45, 2.75) is 25.7 Å². The first-order valence-corrected chi connectivity index (χ1v) is 11.3. The van der Waals surface area contributed by atoms with Crippen molar-refractivity contribution >= 4 is 33.7 Å². The molecule has 0 aliphatic heterocycles. The molecule has 1 N–H and O–H groups in total. The number of aromatic nitrogens is 3. The number of benzene rings is 1. The molecule has 0 aliphatic rings. The standard InChI is InChI=1S/C20H23ClN6O2S/c1-4-26(5-2)30(28,29)17-11-12-19(22-13-17)24-23-14-18-15(3)25-27(20(18)21)16-9-7-6-8-10-16/h6-14H,4-5H2,1-3H3,(H,22,24). The molecule has 158 valence electrons. The van der Waals surface area contributed by atoms with E-state index in [0.29, 0.717) is 29.6 Å². The quantitative estimate of drug-likeness (QED) is 0.420. The fraction of sp³-hybridized carbons (Fsp3) is 0.250. The normalized spacial score (nSPS) is 12.0. The number of pyridine rings is 1. The Morgan fingerprint density at radius 2 is 1.87 bits per heavy atom. The molecule has 0 saturated carbocycles. The van der Waals surface area contributed by atoms with E-state index in [1.807, 2.05) is 37.3 Å². The Hall–Kier alpha value is -2.75. The van der Waals surface area contributed by atoms with E-state index < -0.39 is 10.0 Å². The number of nitrogens with one attached hydrogen (secondary N) is 1. The highest BCUT2D eigenvalue weighted by Gasteiger charge is 2.21. The summed E-state index contributed by atoms with van der Waals surface area (Å²) in [7, 11) is -3.54. The molecule has 2 aromatic heterocycles. The maximum atomic E-state index is 12.5. The molecular formula is C20H23ClN6O2S. The summed E-state index contributed by atoms with van der Waals surface area (Å²) in [5, 5.41) is 9.06. The summed E-state index contributed by atoms with van der Waals surface area (Å²) >= 11 is 6.47. The molecule has 0 bridgehead atoms. The number of hydrogen-bond acceptors (Lipinski definition) is 6. The first-order valence-electron chi connectivity index (χ1n) is 9.44. The van der Waals surface area contributed by atoms with Gasteiger partial charge in [-0.25, -0.2) is 18.1 Å². The number of rotatable bonds is 8. The second-order valence-corrected chi connectivity index (χ2v) is 8.67. The number of hydrogen-bond donors (Lipinski definition) is 1. The Balaban J connectivity index is 1.74. The minimum absolute atomic E-state index is 0.142. The largest absolute Gasteiger partial charge is 0.261 e. The predicted molar refractivity (Wildman–Crippen MR) is 119 cm³/mol. The van der Waals surface area contributed by atoms with Gasteiger partial charge in [0.2, 0.25) is 10.0 Å². The van der Waals surface area contributed by atoms with E-state index in [1.165, 1.54) is 16.6 Å². The highest BCUT2D eigenvalue weighted by Crippen LogP contribution is 2.22. The number of halogens is 1. The molecule has 1 aromatic carbocycles. The third-order valence-electron chi connectivity index (χ3n) is 4.50. The summed E-state index contributed by atoms with van der Waals surface area (Å²) in [6.07, 6.45) is 2.88. The van der Waals surface area contributed by atoms with Crippen LogP contribution in [0, 0.1) is 6.92 Å². The minimum Gasteiger partial charge on any atom is -0.261 e. The topological polar surface area (TPSA) is 92.5 Å². The van der Waals surface area contributed by atoms with Crippen LogP contribution in [0.25, 0.3) is 5.69 Å². The van der Waals surface area contributed by atoms with E-state index in [-0.39, 0.29) is 4.90 Å². The van der Waals surface area contributed by atoms with Crippen LogP contribution in [0.1, 0.15) is 25.1 Å². The van der Waals surface area contributed by atoms with Crippen LogP contribution in [0.3, 0.4) is 0 Å². The minimum atomic E-state index is -3.54. The van der Waals surface area contributed by atoms with Gasteiger partial charge in [0.05, 0.1) is 23.2 Å². The van der Waals surface area contributed by atoms with Gasteiger partial charge in [-0.1, -0.05) is 43.6 Å². The summed E-state index contributed by atoms with van der Waals surface area (Å²) in [5.74, 6) is 0.411. The van der Waals surface area contributed by atoms with Crippen LogP contribution >= 0.6 is 11.6 Å². The fourth-order valence-corrected chi connectivity index (χ4v) is 4.60. The van der Waals surface area contributed by atoms with Gasteiger partial charge < -0.3 is 0 Å². The average Bonchev–Trinajstić information content (AvgIpc) is 3.04. The second-order valence-electron chi connectivity index (χ2n) is 6.38. The van der Waals surface area contributed by atoms with Crippen molar-refractivity contribution in [2.75, 3.05) is 18.5 Å². The molecule has 10 heteroatoms. The molecule has 2 heterocycles. The van der Waals surface area contributed by atoms with Gasteiger partial charge in [0, 0.05) is 19.3 Å². The maximum absolute atomic E-state index is 12.5. The number of aryl methyl sites for hydroxylation is 1. The van der Waals surface area contributed by atoms with Crippen molar-refractivity contribution in [1.82, 2.24) is 19.1 Å². The van der Waals surface area contributed by atoms with Gasteiger partial charge in [-0.3, -0.25) is 5.43 Å². The third kappa shape index (κ3) is 4.53. The van der Waals surface area contributed by atoms with Crippen molar-refractivity contribution in [3.63, 3.8) is 0 Å². The zero-order chi connectivity index (χ0) is 21.7. The first kappa shape index (κ1) is 21.9. The van der Waals surface area contributed by atoms with Crippen LogP contribution in [0.15, 0.2) is 58.7 Å². The Kier molecular flexibility index (Phi) is 6.86. The predicted octanol–water partition coefficient (Wildman–Crippen LogP) is 3.71. The van der Waals surface area contributed by atoms with E-state index in [2.05, 4.69) is 20.6 Å². The van der Waals surface area contributed by atoms with Gasteiger partial charge in [-0.2, -0.15) is 14.5 Å². The smallest absolute Gasteiger partial charge is 0.244 e. The van der Waals surface area contributed by atoms with Crippen molar-refractivity contribution < 1.29 is 8.42 Å². The van der Waals surface area contributed by atoms with Crippen LogP contribution in [-0.4, -0.2) is 46.8 Å². The van der Waals surface area contributed by atoms with Crippen molar-refractivity contribution in [3.8, 4) is 5.69 Å². The van der Waals surface area contributed by atoms with Crippen molar-refractivity contribution in [2.24, 2.45) is 5.10 Å². The van der Waals surface area contributed by atoms with Gasteiger partial charge in [0.15, 0.2) is 0 Å². The lowest BCUT2D eigenvalue weighted by molar-refractivity contribution is 0.445. The fourth-order valence-electron chi connectivity index (χ4n) is 2.87. The first-order chi connectivity index (χ1) is 14.4. The van der Waals surface area contributed by atoms with Crippen molar-refractivity contribution in [1.29, 1.82) is 0 Å². The summed E-state index contributed by atoms with van der Waals surface area (Å²) in [4.78, 5) is 4.28. The molecule has 0 saturated heterocycles. The molecule has 0 radical (unpaired) electrons. The van der Waals surface area contributed by atoms with E-state index in [4.69, 9.17) is 11.6 Å². The van der Waals surface area contributed by atoms with Crippen LogP contribution in [0.2, 0.25) is 5.15 Å². The van der Waals surface area contributed by atoms with Gasteiger partial charge in [0.1, 0.15) is 15.9 Å². The molecule has 0 amide bonds. The SMILES string of the molecule is CCN(CC)S(=O)(=O)c1ccc(NN=Cc2c(C)nn(-c3ccccc3)c2Cl)nc1. The maximum Gasteiger partial charge on any atom is 0.244 e. The lowest BCUT2D eigenvalue weighted by Crippen LogP contribution is -2.30. The van der Waals surface area contributed by atoms with Crippen molar-refractivity contribution in [3.05, 3.63) is 65.1 Å². The van der Waals surface area contributed by atoms with Gasteiger partial charge in [0.25, 0.3) is 0 Å². The van der Waals surface area contributed by atoms with Crippen LogP contribution < -0.4 is 5.43 Å². The number of nitrogens with zero attached hydrogens (tertiary/aromatic N) is 5. The van der Waals surface area contributed by atoms with Gasteiger partial charge >= 0.3 is 0 Å². The van der Waals surface area contributed by atoms with Crippen LogP contribution in [-0.2, 0) is 10.0 Å². The summed E-state index contributed by atoms with van der Waals surface area (Å²) in [6, 6.07) is 12.6. The molecule has 0 unspecified atom stereocenters. The molecule has 3 aromatic rings. The molecule has 0 aliphatic carbocycles. The highest BCUT2D eigenvalue weighted by atomic mass is 35.5. The molecule has 8 nitrogen and oxygen atoms in total. The second kappa shape index (κ2) is 9.38. The molecule has 30 heavy (non-hydrogen) atoms. The zero-order valence-corrected chi connectivity index (χ0v) is 18.5. The molecule has 3 rings (SSSR count). The van der Waals surface area contributed by atoms with Gasteiger partial charge in [-0.05, 0) is 31.2 Å². The van der Waals surface area contributed by atoms with E-state index in [1.54, 1.807) is 30.8 Å². The lowest BCUT2D eigenvalue weighted by Gasteiger charge is -2.18. The van der Waals surface area contributed by atoms with Crippen LogP contribution in [0.5, 0.6) is 0 Å². The lowest BCUT2D eigenvalue weighted by atomic mass is 10.3. The Bertz CT molecular complexity index is 1120. The number of hydrazone groups is 1. The third-order valence-corrected chi connectivity index (χ3v) is 6.90. The average molecular weight is 447 g/mol. The van der Waals surface area contributed by atoms with E-state index >= 15 is 0 Å². The Morgan fingerprint density at radius 3 is 2.47 bits per heavy atom. The number of anilines is 1. The van der Waals surface area contributed by atoms with E-state index in [9.17, 15) is 8.42 Å². The van der Waals surface area contributed by atoms with E-state index in [0.717, 1.165) is 11.4 Å². The monoisotopic (exact) mass is 446 g/mol. The molecule has 0 fully saturated rings. The van der Waals surface area contributed by atoms with Gasteiger partial charge in [-0.15, -0.1) is 0 Å². The molecular weight excluding hydrogens is 424 g/mol. The number of sulfonamides is 1. The Morgan fingerprint density at radius 1 is 1.17 bits per heavy atom. The van der Waals surface area contributed by atoms with Crippen LogP contribution in [0.4, 0.5) is 5.82 Å². The highest BCUT2D eigenvalue weighted by molar-refractivity contribution is 7.89. The number of para-hydroxylation sites is 1. The molecule has 0 spiro atoms. The zero-order valence-electron chi connectivity index (χ0n) is 16.9. The summed E-state index contributed by atoms with van der Waals surface area (Å²) in [6.45, 7) is 6.25. The summed E-state index contributed by atoms with van der Waals surface area (Å²) in [5.41, 5.74) is 5.04.